The number of Topliss-reactive ketones (excluding diaryl/α,β-unsaturated/α-hetero) is 1. The summed E-state index contributed by atoms with van der Waals surface area (Å²) in [5.74, 6) is -0.0198. The normalized spacial score (nSPS) is 19.9. The van der Waals surface area contributed by atoms with Gasteiger partial charge in [0.2, 0.25) is 0 Å². The van der Waals surface area contributed by atoms with Crippen LogP contribution < -0.4 is 0 Å². The summed E-state index contributed by atoms with van der Waals surface area (Å²) in [5, 5.41) is 8.69. The maximum atomic E-state index is 11.9. The van der Waals surface area contributed by atoms with Crippen LogP contribution in [0.5, 0.6) is 0 Å². The average molecular weight is 330 g/mol. The van der Waals surface area contributed by atoms with E-state index in [0.717, 1.165) is 9.37 Å². The molecule has 96 valence electrons. The van der Waals surface area contributed by atoms with Crippen molar-refractivity contribution >= 4 is 39.6 Å². The summed E-state index contributed by atoms with van der Waals surface area (Å²) in [6.07, 6.45) is -0.447. The van der Waals surface area contributed by atoms with Crippen LogP contribution in [0.25, 0.3) is 0 Å². The number of nitrogens with zero attached hydrogens (tertiary/aromatic N) is 1. The lowest BCUT2D eigenvalue weighted by atomic mass is 10.1. The Morgan fingerprint density at radius 3 is 2.89 bits per heavy atom. The SMILES string of the molecule is O=C1CN(C(=O)O)CCC1Sc1cccc(Br)c1. The quantitative estimate of drug-likeness (QED) is 0.906. The van der Waals surface area contributed by atoms with Gasteiger partial charge in [0.25, 0.3) is 0 Å². The van der Waals surface area contributed by atoms with E-state index in [0.29, 0.717) is 13.0 Å². The van der Waals surface area contributed by atoms with Crippen LogP contribution >= 0.6 is 27.7 Å². The summed E-state index contributed by atoms with van der Waals surface area (Å²) in [7, 11) is 0. The Morgan fingerprint density at radius 2 is 2.28 bits per heavy atom. The molecule has 0 saturated carbocycles. The van der Waals surface area contributed by atoms with E-state index in [1.54, 1.807) is 0 Å². The number of likely N-dealkylation sites (tertiary alicyclic amines) is 1. The zero-order chi connectivity index (χ0) is 13.1. The standard InChI is InChI=1S/C12H12BrNO3S/c13-8-2-1-3-9(6-8)18-11-4-5-14(12(16)17)7-10(11)15/h1-3,6,11H,4-5,7H2,(H,16,17). The first-order valence-electron chi connectivity index (χ1n) is 5.49. The summed E-state index contributed by atoms with van der Waals surface area (Å²) in [4.78, 5) is 24.8. The molecule has 1 aliphatic rings. The van der Waals surface area contributed by atoms with Gasteiger partial charge in [-0.05, 0) is 24.6 Å². The van der Waals surface area contributed by atoms with Crippen molar-refractivity contribution in [2.24, 2.45) is 0 Å². The monoisotopic (exact) mass is 329 g/mol. The van der Waals surface area contributed by atoms with Gasteiger partial charge in [-0.25, -0.2) is 4.79 Å². The highest BCUT2D eigenvalue weighted by atomic mass is 79.9. The Morgan fingerprint density at radius 1 is 1.50 bits per heavy atom. The first-order valence-corrected chi connectivity index (χ1v) is 7.16. The van der Waals surface area contributed by atoms with E-state index in [1.165, 1.54) is 16.7 Å². The van der Waals surface area contributed by atoms with E-state index in [-0.39, 0.29) is 17.6 Å². The van der Waals surface area contributed by atoms with Gasteiger partial charge in [-0.3, -0.25) is 4.79 Å². The Kier molecular flexibility index (Phi) is 4.29. The second-order valence-electron chi connectivity index (χ2n) is 4.02. The number of rotatable bonds is 2. The first-order chi connectivity index (χ1) is 8.56. The molecule has 6 heteroatoms. The summed E-state index contributed by atoms with van der Waals surface area (Å²) in [5.41, 5.74) is 0. The fourth-order valence-electron chi connectivity index (χ4n) is 1.80. The highest BCUT2D eigenvalue weighted by Crippen LogP contribution is 2.30. The molecule has 0 spiro atoms. The molecule has 4 nitrogen and oxygen atoms in total. The van der Waals surface area contributed by atoms with Crippen LogP contribution in [0.3, 0.4) is 0 Å². The van der Waals surface area contributed by atoms with Gasteiger partial charge in [0.15, 0.2) is 5.78 Å². The van der Waals surface area contributed by atoms with Crippen LogP contribution in [-0.4, -0.2) is 40.2 Å². The van der Waals surface area contributed by atoms with Crippen LogP contribution in [0.1, 0.15) is 6.42 Å². The summed E-state index contributed by atoms with van der Waals surface area (Å²) < 4.78 is 0.975. The second-order valence-corrected chi connectivity index (χ2v) is 6.21. The molecule has 0 aliphatic carbocycles. The van der Waals surface area contributed by atoms with Gasteiger partial charge < -0.3 is 10.0 Å². The molecule has 1 amide bonds. The molecule has 1 N–H and O–H groups in total. The number of amides is 1. The maximum absolute atomic E-state index is 11.9. The highest BCUT2D eigenvalue weighted by Gasteiger charge is 2.30. The van der Waals surface area contributed by atoms with Crippen LogP contribution in [0.2, 0.25) is 0 Å². The van der Waals surface area contributed by atoms with Gasteiger partial charge in [-0.1, -0.05) is 22.0 Å². The highest BCUT2D eigenvalue weighted by molar-refractivity contribution is 9.10. The van der Waals surface area contributed by atoms with E-state index in [9.17, 15) is 9.59 Å². The summed E-state index contributed by atoms with van der Waals surface area (Å²) in [6.45, 7) is 0.424. The van der Waals surface area contributed by atoms with Crippen molar-refractivity contribution in [1.82, 2.24) is 4.90 Å². The van der Waals surface area contributed by atoms with Crippen molar-refractivity contribution in [3.8, 4) is 0 Å². The zero-order valence-corrected chi connectivity index (χ0v) is 11.9. The maximum Gasteiger partial charge on any atom is 0.407 e. The number of halogens is 1. The summed E-state index contributed by atoms with van der Waals surface area (Å²) in [6, 6.07) is 7.76. The van der Waals surface area contributed by atoms with E-state index in [4.69, 9.17) is 5.11 Å². The fraction of sp³-hybridized carbons (Fsp3) is 0.333. The Bertz CT molecular complexity index is 480. The number of piperidine rings is 1. The van der Waals surface area contributed by atoms with E-state index in [1.807, 2.05) is 24.3 Å². The van der Waals surface area contributed by atoms with Gasteiger partial charge in [-0.2, -0.15) is 0 Å². The molecular formula is C12H12BrNO3S. The lowest BCUT2D eigenvalue weighted by Gasteiger charge is -2.28. The van der Waals surface area contributed by atoms with Crippen LogP contribution in [0, 0.1) is 0 Å². The molecule has 0 bridgehead atoms. The minimum Gasteiger partial charge on any atom is -0.465 e. The molecular weight excluding hydrogens is 318 g/mol. The molecule has 1 aromatic rings. The number of benzene rings is 1. The van der Waals surface area contributed by atoms with Crippen molar-refractivity contribution in [3.63, 3.8) is 0 Å². The molecule has 1 aliphatic heterocycles. The van der Waals surface area contributed by atoms with Crippen molar-refractivity contribution in [2.75, 3.05) is 13.1 Å². The Labute approximate surface area is 117 Å². The number of carbonyl (C=O) groups excluding carboxylic acids is 1. The lowest BCUT2D eigenvalue weighted by molar-refractivity contribution is -0.121. The van der Waals surface area contributed by atoms with Gasteiger partial charge in [0, 0.05) is 15.9 Å². The van der Waals surface area contributed by atoms with Crippen molar-refractivity contribution in [3.05, 3.63) is 28.7 Å². The number of carboxylic acid groups (broad SMARTS) is 1. The van der Waals surface area contributed by atoms with E-state index in [2.05, 4.69) is 15.9 Å². The molecule has 1 fully saturated rings. The molecule has 1 atom stereocenters. The third-order valence-electron chi connectivity index (χ3n) is 2.71. The summed E-state index contributed by atoms with van der Waals surface area (Å²) >= 11 is 4.89. The van der Waals surface area contributed by atoms with Gasteiger partial charge >= 0.3 is 6.09 Å². The number of ketones is 1. The minimum absolute atomic E-state index is 0.000995. The Balaban J connectivity index is 1.99. The van der Waals surface area contributed by atoms with Crippen molar-refractivity contribution in [2.45, 2.75) is 16.6 Å². The van der Waals surface area contributed by atoms with Crippen molar-refractivity contribution in [1.29, 1.82) is 0 Å². The van der Waals surface area contributed by atoms with Gasteiger partial charge in [-0.15, -0.1) is 11.8 Å². The topological polar surface area (TPSA) is 57.6 Å². The van der Waals surface area contributed by atoms with E-state index < -0.39 is 6.09 Å². The third kappa shape index (κ3) is 3.26. The smallest absolute Gasteiger partial charge is 0.407 e. The predicted octanol–water partition coefficient (Wildman–Crippen LogP) is 2.86. The first kappa shape index (κ1) is 13.4. The van der Waals surface area contributed by atoms with Gasteiger partial charge in [0.05, 0.1) is 11.8 Å². The zero-order valence-electron chi connectivity index (χ0n) is 9.51. The molecule has 1 saturated heterocycles. The van der Waals surface area contributed by atoms with Crippen molar-refractivity contribution < 1.29 is 14.7 Å². The number of hydrogen-bond donors (Lipinski definition) is 1. The predicted molar refractivity (Wildman–Crippen MR) is 73.0 cm³/mol. The minimum atomic E-state index is -1.02. The van der Waals surface area contributed by atoms with Gasteiger partial charge in [0.1, 0.15) is 0 Å². The molecule has 18 heavy (non-hydrogen) atoms. The second kappa shape index (κ2) is 5.75. The van der Waals surface area contributed by atoms with Crippen LogP contribution in [0.4, 0.5) is 4.79 Å². The molecule has 1 unspecified atom stereocenters. The van der Waals surface area contributed by atoms with E-state index >= 15 is 0 Å². The molecule has 0 radical (unpaired) electrons. The third-order valence-corrected chi connectivity index (χ3v) is 4.51. The molecule has 0 aromatic heterocycles. The lowest BCUT2D eigenvalue weighted by Crippen LogP contribution is -2.44. The Hall–Kier alpha value is -1.01. The number of hydrogen-bond acceptors (Lipinski definition) is 3. The molecule has 1 heterocycles. The number of thioether (sulfide) groups is 1. The molecule has 1 aromatic carbocycles. The molecule has 2 rings (SSSR count). The largest absolute Gasteiger partial charge is 0.465 e. The fourth-order valence-corrected chi connectivity index (χ4v) is 3.46. The number of carbonyl (C=O) groups is 2. The van der Waals surface area contributed by atoms with Crippen LogP contribution in [0.15, 0.2) is 33.6 Å². The van der Waals surface area contributed by atoms with Crippen LogP contribution in [-0.2, 0) is 4.79 Å². The average Bonchev–Trinajstić information content (AvgIpc) is 2.31.